The summed E-state index contributed by atoms with van der Waals surface area (Å²) in [6.45, 7) is 0.928. The molecule has 0 amide bonds. The summed E-state index contributed by atoms with van der Waals surface area (Å²) < 4.78 is 0. The summed E-state index contributed by atoms with van der Waals surface area (Å²) in [4.78, 5) is 2.32. The first-order valence-corrected chi connectivity index (χ1v) is 6.19. The van der Waals surface area contributed by atoms with Gasteiger partial charge in [-0.25, -0.2) is 0 Å². The molecule has 1 aliphatic rings. The highest BCUT2D eigenvalue weighted by atomic mass is 35.5. The fourth-order valence-electron chi connectivity index (χ4n) is 1.92. The summed E-state index contributed by atoms with van der Waals surface area (Å²) in [6.07, 6.45) is 2.91. The number of aliphatic hydroxyl groups excluding tert-OH is 1. The van der Waals surface area contributed by atoms with E-state index >= 15 is 0 Å². The summed E-state index contributed by atoms with van der Waals surface area (Å²) >= 11 is 6.04. The average molecular weight is 240 g/mol. The Bertz CT molecular complexity index is 352. The van der Waals surface area contributed by atoms with E-state index in [2.05, 4.69) is 11.9 Å². The zero-order valence-electron chi connectivity index (χ0n) is 9.56. The van der Waals surface area contributed by atoms with Crippen molar-refractivity contribution in [3.8, 4) is 0 Å². The van der Waals surface area contributed by atoms with Gasteiger partial charge in [-0.15, -0.1) is 0 Å². The molecule has 1 fully saturated rings. The number of rotatable bonds is 5. The standard InChI is InChI=1S/C13H18ClNO/c1-15(10-6-7-10)9-8-13(16)11-4-2-3-5-12(11)14/h2-5,10,13,16H,6-9H2,1H3. The van der Waals surface area contributed by atoms with Crippen LogP contribution in [0.25, 0.3) is 0 Å². The molecule has 0 aromatic heterocycles. The van der Waals surface area contributed by atoms with Crippen molar-refractivity contribution in [2.45, 2.75) is 31.4 Å². The van der Waals surface area contributed by atoms with Gasteiger partial charge in [0, 0.05) is 17.6 Å². The van der Waals surface area contributed by atoms with Gasteiger partial charge in [-0.2, -0.15) is 0 Å². The van der Waals surface area contributed by atoms with Gasteiger partial charge in [0.25, 0.3) is 0 Å². The maximum Gasteiger partial charge on any atom is 0.0816 e. The second-order valence-electron chi connectivity index (χ2n) is 4.54. The first kappa shape index (κ1) is 11.9. The Hall–Kier alpha value is -0.570. The lowest BCUT2D eigenvalue weighted by Crippen LogP contribution is -2.23. The Balaban J connectivity index is 1.87. The van der Waals surface area contributed by atoms with Crippen LogP contribution in [0.15, 0.2) is 24.3 Å². The molecular weight excluding hydrogens is 222 g/mol. The van der Waals surface area contributed by atoms with E-state index in [1.54, 1.807) is 0 Å². The highest BCUT2D eigenvalue weighted by Gasteiger charge is 2.26. The van der Waals surface area contributed by atoms with Gasteiger partial charge in [0.05, 0.1) is 6.10 Å². The third-order valence-corrected chi connectivity index (χ3v) is 3.53. The van der Waals surface area contributed by atoms with E-state index in [1.807, 2.05) is 24.3 Å². The zero-order valence-corrected chi connectivity index (χ0v) is 10.3. The second kappa shape index (κ2) is 5.17. The lowest BCUT2D eigenvalue weighted by Gasteiger charge is -2.18. The van der Waals surface area contributed by atoms with Crippen LogP contribution in [0, 0.1) is 0 Å². The Kier molecular flexibility index (Phi) is 3.85. The van der Waals surface area contributed by atoms with E-state index in [1.165, 1.54) is 12.8 Å². The number of hydrogen-bond acceptors (Lipinski definition) is 2. The predicted molar refractivity (Wildman–Crippen MR) is 66.7 cm³/mol. The molecule has 88 valence electrons. The molecule has 1 aromatic rings. The van der Waals surface area contributed by atoms with Crippen LogP contribution < -0.4 is 0 Å². The largest absolute Gasteiger partial charge is 0.388 e. The van der Waals surface area contributed by atoms with Crippen LogP contribution in [0.2, 0.25) is 5.02 Å². The molecule has 16 heavy (non-hydrogen) atoms. The van der Waals surface area contributed by atoms with Crippen molar-refractivity contribution in [3.63, 3.8) is 0 Å². The summed E-state index contributed by atoms with van der Waals surface area (Å²) in [5.41, 5.74) is 0.841. The van der Waals surface area contributed by atoms with Crippen molar-refractivity contribution in [1.29, 1.82) is 0 Å². The van der Waals surface area contributed by atoms with Gasteiger partial charge in [0.2, 0.25) is 0 Å². The van der Waals surface area contributed by atoms with Gasteiger partial charge in [-0.1, -0.05) is 29.8 Å². The molecule has 1 aromatic carbocycles. The van der Waals surface area contributed by atoms with Crippen LogP contribution in [0.1, 0.15) is 30.9 Å². The molecule has 0 bridgehead atoms. The smallest absolute Gasteiger partial charge is 0.0816 e. The third-order valence-electron chi connectivity index (χ3n) is 3.19. The first-order chi connectivity index (χ1) is 7.68. The molecule has 0 radical (unpaired) electrons. The van der Waals surface area contributed by atoms with Crippen molar-refractivity contribution in [3.05, 3.63) is 34.9 Å². The van der Waals surface area contributed by atoms with Gasteiger partial charge in [-0.3, -0.25) is 0 Å². The monoisotopic (exact) mass is 239 g/mol. The Morgan fingerprint density at radius 2 is 2.12 bits per heavy atom. The minimum atomic E-state index is -0.449. The number of nitrogens with zero attached hydrogens (tertiary/aromatic N) is 1. The zero-order chi connectivity index (χ0) is 11.5. The van der Waals surface area contributed by atoms with Crippen molar-refractivity contribution in [1.82, 2.24) is 4.90 Å². The predicted octanol–water partition coefficient (Wildman–Crippen LogP) is 2.86. The van der Waals surface area contributed by atoms with E-state index in [9.17, 15) is 5.11 Å². The Morgan fingerprint density at radius 3 is 2.75 bits per heavy atom. The molecule has 0 heterocycles. The van der Waals surface area contributed by atoms with Crippen LogP contribution in [-0.2, 0) is 0 Å². The number of halogens is 1. The van der Waals surface area contributed by atoms with Gasteiger partial charge in [-0.05, 0) is 37.9 Å². The van der Waals surface area contributed by atoms with Crippen LogP contribution in [0.4, 0.5) is 0 Å². The minimum absolute atomic E-state index is 0.449. The average Bonchev–Trinajstić information content (AvgIpc) is 3.10. The van der Waals surface area contributed by atoms with Gasteiger partial charge >= 0.3 is 0 Å². The van der Waals surface area contributed by atoms with E-state index in [-0.39, 0.29) is 0 Å². The Labute approximate surface area is 102 Å². The number of aliphatic hydroxyl groups is 1. The minimum Gasteiger partial charge on any atom is -0.388 e. The summed E-state index contributed by atoms with van der Waals surface area (Å²) in [5.74, 6) is 0. The van der Waals surface area contributed by atoms with Crippen LogP contribution in [0.3, 0.4) is 0 Å². The molecule has 1 unspecified atom stereocenters. The van der Waals surface area contributed by atoms with Gasteiger partial charge in [0.1, 0.15) is 0 Å². The van der Waals surface area contributed by atoms with E-state index in [4.69, 9.17) is 11.6 Å². The second-order valence-corrected chi connectivity index (χ2v) is 4.94. The quantitative estimate of drug-likeness (QED) is 0.854. The third kappa shape index (κ3) is 2.97. The van der Waals surface area contributed by atoms with Gasteiger partial charge < -0.3 is 10.0 Å². The molecule has 1 N–H and O–H groups in total. The lowest BCUT2D eigenvalue weighted by molar-refractivity contribution is 0.147. The summed E-state index contributed by atoms with van der Waals surface area (Å²) in [5, 5.41) is 10.7. The highest BCUT2D eigenvalue weighted by Crippen LogP contribution is 2.28. The number of hydrogen-bond donors (Lipinski definition) is 1. The number of benzene rings is 1. The highest BCUT2D eigenvalue weighted by molar-refractivity contribution is 6.31. The SMILES string of the molecule is CN(CCC(O)c1ccccc1Cl)C1CC1. The van der Waals surface area contributed by atoms with Crippen LogP contribution in [0.5, 0.6) is 0 Å². The van der Waals surface area contributed by atoms with Crippen molar-refractivity contribution < 1.29 is 5.11 Å². The van der Waals surface area contributed by atoms with Crippen molar-refractivity contribution in [2.24, 2.45) is 0 Å². The normalized spacial score (nSPS) is 17.8. The van der Waals surface area contributed by atoms with E-state index in [0.29, 0.717) is 5.02 Å². The maximum absolute atomic E-state index is 10.0. The molecular formula is C13H18ClNO. The molecule has 0 spiro atoms. The van der Waals surface area contributed by atoms with E-state index < -0.39 is 6.10 Å². The van der Waals surface area contributed by atoms with Crippen molar-refractivity contribution in [2.75, 3.05) is 13.6 Å². The molecule has 0 aliphatic heterocycles. The summed E-state index contributed by atoms with van der Waals surface area (Å²) in [7, 11) is 2.12. The molecule has 1 atom stereocenters. The van der Waals surface area contributed by atoms with Gasteiger partial charge in [0.15, 0.2) is 0 Å². The molecule has 0 saturated heterocycles. The van der Waals surface area contributed by atoms with E-state index in [0.717, 1.165) is 24.6 Å². The first-order valence-electron chi connectivity index (χ1n) is 5.81. The molecule has 3 heteroatoms. The molecule has 1 aliphatic carbocycles. The fraction of sp³-hybridized carbons (Fsp3) is 0.538. The summed E-state index contributed by atoms with van der Waals surface area (Å²) in [6, 6.07) is 8.26. The molecule has 2 nitrogen and oxygen atoms in total. The maximum atomic E-state index is 10.0. The Morgan fingerprint density at radius 1 is 1.44 bits per heavy atom. The fourth-order valence-corrected chi connectivity index (χ4v) is 2.19. The van der Waals surface area contributed by atoms with Crippen LogP contribution in [-0.4, -0.2) is 29.6 Å². The topological polar surface area (TPSA) is 23.5 Å². The van der Waals surface area contributed by atoms with Crippen LogP contribution >= 0.6 is 11.6 Å². The molecule has 1 saturated carbocycles. The van der Waals surface area contributed by atoms with Crippen molar-refractivity contribution >= 4 is 11.6 Å². The molecule has 2 rings (SSSR count). The lowest BCUT2D eigenvalue weighted by atomic mass is 10.1.